The molecule has 3 rings (SSSR count). The summed E-state index contributed by atoms with van der Waals surface area (Å²) in [6.45, 7) is 0.789. The van der Waals surface area contributed by atoms with E-state index < -0.39 is 0 Å². The highest BCUT2D eigenvalue weighted by Gasteiger charge is 2.20. The van der Waals surface area contributed by atoms with Gasteiger partial charge in [0.15, 0.2) is 0 Å². The fourth-order valence-corrected chi connectivity index (χ4v) is 1.98. The van der Waals surface area contributed by atoms with Crippen molar-refractivity contribution in [3.05, 3.63) is 48.3 Å². The molecule has 0 amide bonds. The lowest BCUT2D eigenvalue weighted by atomic mass is 10.2. The Kier molecular flexibility index (Phi) is 3.83. The molecular formula is C16H18N2O2. The van der Waals surface area contributed by atoms with Crippen LogP contribution in [-0.4, -0.2) is 18.1 Å². The number of rotatable bonds is 6. The number of hydrogen-bond donors (Lipinski definition) is 1. The van der Waals surface area contributed by atoms with E-state index >= 15 is 0 Å². The topological polar surface area (TPSA) is 43.4 Å². The summed E-state index contributed by atoms with van der Waals surface area (Å²) in [6.07, 6.45) is 6.14. The Morgan fingerprint density at radius 1 is 1.25 bits per heavy atom. The summed E-state index contributed by atoms with van der Waals surface area (Å²) in [5.74, 6) is 2.39. The summed E-state index contributed by atoms with van der Waals surface area (Å²) in [6, 6.07) is 10.2. The summed E-state index contributed by atoms with van der Waals surface area (Å²) in [5.41, 5.74) is 1.07. The van der Waals surface area contributed by atoms with Crippen molar-refractivity contribution in [3.8, 4) is 17.2 Å². The SMILES string of the molecule is COc1cccc(Oc2ccncc2CNC2CC2)c1. The number of methoxy groups -OCH3 is 1. The number of nitrogens with one attached hydrogen (secondary N) is 1. The lowest BCUT2D eigenvalue weighted by Gasteiger charge is -2.11. The Morgan fingerprint density at radius 3 is 2.90 bits per heavy atom. The van der Waals surface area contributed by atoms with Crippen molar-refractivity contribution < 1.29 is 9.47 Å². The zero-order chi connectivity index (χ0) is 13.8. The lowest BCUT2D eigenvalue weighted by Crippen LogP contribution is -2.15. The maximum atomic E-state index is 5.94. The summed E-state index contributed by atoms with van der Waals surface area (Å²) < 4.78 is 11.2. The molecule has 0 radical (unpaired) electrons. The number of nitrogens with zero attached hydrogens (tertiary/aromatic N) is 1. The molecule has 0 spiro atoms. The molecule has 1 saturated carbocycles. The molecule has 0 aliphatic heterocycles. The number of hydrogen-bond acceptors (Lipinski definition) is 4. The Bertz CT molecular complexity index is 582. The quantitative estimate of drug-likeness (QED) is 0.875. The summed E-state index contributed by atoms with van der Waals surface area (Å²) >= 11 is 0. The maximum Gasteiger partial charge on any atom is 0.134 e. The molecule has 4 heteroatoms. The van der Waals surface area contributed by atoms with Crippen LogP contribution in [0.2, 0.25) is 0 Å². The highest BCUT2D eigenvalue weighted by Crippen LogP contribution is 2.28. The van der Waals surface area contributed by atoms with Crippen molar-refractivity contribution in [3.63, 3.8) is 0 Å². The standard InChI is InChI=1S/C16H18N2O2/c1-19-14-3-2-4-15(9-14)20-16-7-8-17-10-12(16)11-18-13-5-6-13/h2-4,7-10,13,18H,5-6,11H2,1H3. The average molecular weight is 270 g/mol. The van der Waals surface area contributed by atoms with E-state index in [1.54, 1.807) is 13.3 Å². The van der Waals surface area contributed by atoms with Gasteiger partial charge in [-0.25, -0.2) is 0 Å². The van der Waals surface area contributed by atoms with Crippen LogP contribution in [0.15, 0.2) is 42.7 Å². The van der Waals surface area contributed by atoms with Gasteiger partial charge in [-0.3, -0.25) is 4.98 Å². The first-order valence-electron chi connectivity index (χ1n) is 6.83. The Morgan fingerprint density at radius 2 is 2.10 bits per heavy atom. The number of aromatic nitrogens is 1. The third-order valence-corrected chi connectivity index (χ3v) is 3.29. The summed E-state index contributed by atoms with van der Waals surface area (Å²) in [4.78, 5) is 4.17. The first-order chi connectivity index (χ1) is 9.85. The molecule has 1 aromatic heterocycles. The first-order valence-corrected chi connectivity index (χ1v) is 6.83. The van der Waals surface area contributed by atoms with Crippen LogP contribution in [0.4, 0.5) is 0 Å². The van der Waals surface area contributed by atoms with Gasteiger partial charge in [0.1, 0.15) is 17.2 Å². The number of benzene rings is 1. The van der Waals surface area contributed by atoms with E-state index in [1.807, 2.05) is 36.5 Å². The Hall–Kier alpha value is -2.07. The Labute approximate surface area is 118 Å². The molecule has 0 atom stereocenters. The van der Waals surface area contributed by atoms with E-state index in [9.17, 15) is 0 Å². The van der Waals surface area contributed by atoms with Gasteiger partial charge in [-0.15, -0.1) is 0 Å². The van der Waals surface area contributed by atoms with E-state index in [4.69, 9.17) is 9.47 Å². The van der Waals surface area contributed by atoms with Gasteiger partial charge in [0.05, 0.1) is 7.11 Å². The average Bonchev–Trinajstić information content (AvgIpc) is 3.31. The smallest absolute Gasteiger partial charge is 0.134 e. The van der Waals surface area contributed by atoms with Crippen molar-refractivity contribution in [2.24, 2.45) is 0 Å². The van der Waals surface area contributed by atoms with Crippen LogP contribution in [0.25, 0.3) is 0 Å². The molecule has 20 heavy (non-hydrogen) atoms. The zero-order valence-corrected chi connectivity index (χ0v) is 11.5. The highest BCUT2D eigenvalue weighted by molar-refractivity contribution is 5.39. The molecule has 1 aliphatic carbocycles. The molecule has 104 valence electrons. The lowest BCUT2D eigenvalue weighted by molar-refractivity contribution is 0.408. The minimum absolute atomic E-state index is 0.667. The van der Waals surface area contributed by atoms with Crippen LogP contribution in [0, 0.1) is 0 Å². The largest absolute Gasteiger partial charge is 0.497 e. The van der Waals surface area contributed by atoms with Gasteiger partial charge in [0.2, 0.25) is 0 Å². The van der Waals surface area contributed by atoms with Gasteiger partial charge in [0.25, 0.3) is 0 Å². The molecule has 1 heterocycles. The summed E-state index contributed by atoms with van der Waals surface area (Å²) in [5, 5.41) is 3.48. The predicted molar refractivity (Wildman–Crippen MR) is 77.2 cm³/mol. The molecule has 0 bridgehead atoms. The van der Waals surface area contributed by atoms with E-state index in [0.29, 0.717) is 6.04 Å². The van der Waals surface area contributed by atoms with Crippen molar-refractivity contribution in [2.75, 3.05) is 7.11 Å². The van der Waals surface area contributed by atoms with Crippen molar-refractivity contribution in [1.29, 1.82) is 0 Å². The van der Waals surface area contributed by atoms with Crippen LogP contribution < -0.4 is 14.8 Å². The van der Waals surface area contributed by atoms with Crippen molar-refractivity contribution >= 4 is 0 Å². The van der Waals surface area contributed by atoms with Crippen molar-refractivity contribution in [2.45, 2.75) is 25.4 Å². The molecule has 1 aromatic carbocycles. The van der Waals surface area contributed by atoms with Crippen LogP contribution in [0.3, 0.4) is 0 Å². The second kappa shape index (κ2) is 5.92. The molecule has 0 saturated heterocycles. The summed E-state index contributed by atoms with van der Waals surface area (Å²) in [7, 11) is 1.65. The molecule has 0 unspecified atom stereocenters. The third-order valence-electron chi connectivity index (χ3n) is 3.29. The number of pyridine rings is 1. The van der Waals surface area contributed by atoms with E-state index in [0.717, 1.165) is 29.4 Å². The second-order valence-corrected chi connectivity index (χ2v) is 4.92. The predicted octanol–water partition coefficient (Wildman–Crippen LogP) is 3.13. The van der Waals surface area contributed by atoms with Gasteiger partial charge in [-0.05, 0) is 31.0 Å². The minimum atomic E-state index is 0.667. The van der Waals surface area contributed by atoms with Gasteiger partial charge >= 0.3 is 0 Å². The first kappa shape index (κ1) is 12.9. The normalized spacial score (nSPS) is 14.1. The fraction of sp³-hybridized carbons (Fsp3) is 0.312. The van der Waals surface area contributed by atoms with Gasteiger partial charge in [-0.1, -0.05) is 6.07 Å². The van der Waals surface area contributed by atoms with Crippen LogP contribution in [0.5, 0.6) is 17.2 Å². The third kappa shape index (κ3) is 3.27. The van der Waals surface area contributed by atoms with Crippen LogP contribution in [-0.2, 0) is 6.54 Å². The zero-order valence-electron chi connectivity index (χ0n) is 11.5. The number of ether oxygens (including phenoxy) is 2. The van der Waals surface area contributed by atoms with Gasteiger partial charge in [-0.2, -0.15) is 0 Å². The molecule has 4 nitrogen and oxygen atoms in total. The maximum absolute atomic E-state index is 5.94. The molecule has 1 N–H and O–H groups in total. The van der Waals surface area contributed by atoms with E-state index in [-0.39, 0.29) is 0 Å². The minimum Gasteiger partial charge on any atom is -0.497 e. The van der Waals surface area contributed by atoms with Gasteiger partial charge < -0.3 is 14.8 Å². The Balaban J connectivity index is 1.74. The van der Waals surface area contributed by atoms with E-state index in [1.165, 1.54) is 12.8 Å². The van der Waals surface area contributed by atoms with Crippen LogP contribution in [0.1, 0.15) is 18.4 Å². The second-order valence-electron chi connectivity index (χ2n) is 4.92. The molecule has 2 aromatic rings. The monoisotopic (exact) mass is 270 g/mol. The van der Waals surface area contributed by atoms with Crippen LogP contribution >= 0.6 is 0 Å². The molecule has 1 aliphatic rings. The van der Waals surface area contributed by atoms with Gasteiger partial charge in [0, 0.05) is 36.6 Å². The van der Waals surface area contributed by atoms with E-state index in [2.05, 4.69) is 10.3 Å². The van der Waals surface area contributed by atoms with Crippen molar-refractivity contribution in [1.82, 2.24) is 10.3 Å². The highest BCUT2D eigenvalue weighted by atomic mass is 16.5. The molecular weight excluding hydrogens is 252 g/mol. The fourth-order valence-electron chi connectivity index (χ4n) is 1.98. The molecule has 1 fully saturated rings.